The van der Waals surface area contributed by atoms with Gasteiger partial charge in [0.05, 0.1) is 5.69 Å². The minimum atomic E-state index is -0.554. The highest BCUT2D eigenvalue weighted by Crippen LogP contribution is 2.24. The summed E-state index contributed by atoms with van der Waals surface area (Å²) in [5.41, 5.74) is 5.86. The van der Waals surface area contributed by atoms with Crippen molar-refractivity contribution in [3.05, 3.63) is 35.4 Å². The zero-order valence-electron chi connectivity index (χ0n) is 10.4. The Morgan fingerprint density at radius 1 is 1.16 bits per heavy atom. The Labute approximate surface area is 113 Å². The fraction of sp³-hybridized carbons (Fsp3) is 0.167. The second-order valence-electron chi connectivity index (χ2n) is 3.87. The minimum Gasteiger partial charge on any atom is -0.383 e. The lowest BCUT2D eigenvalue weighted by atomic mass is 10.2. The molecule has 0 fully saturated rings. The number of nitrogen functional groups attached to an aromatic ring is 1. The summed E-state index contributed by atoms with van der Waals surface area (Å²) in [4.78, 5) is 8.08. The smallest absolute Gasteiger partial charge is 0.191 e. The van der Waals surface area contributed by atoms with Crippen molar-refractivity contribution in [2.45, 2.75) is 12.1 Å². The largest absolute Gasteiger partial charge is 0.383 e. The molecule has 19 heavy (non-hydrogen) atoms. The molecule has 2 aromatic rings. The van der Waals surface area contributed by atoms with Crippen LogP contribution in [0.25, 0.3) is 0 Å². The van der Waals surface area contributed by atoms with Crippen LogP contribution in [0.2, 0.25) is 0 Å². The molecule has 0 saturated carbocycles. The van der Waals surface area contributed by atoms with Gasteiger partial charge in [-0.3, -0.25) is 0 Å². The number of nitrogens with one attached hydrogen (secondary N) is 1. The van der Waals surface area contributed by atoms with Gasteiger partial charge in [0.25, 0.3) is 0 Å². The van der Waals surface area contributed by atoms with Crippen LogP contribution in [0.3, 0.4) is 0 Å². The van der Waals surface area contributed by atoms with Gasteiger partial charge in [-0.2, -0.15) is 0 Å². The van der Waals surface area contributed by atoms with Crippen molar-refractivity contribution >= 4 is 29.1 Å². The molecular formula is C12H12F2N4S. The molecule has 100 valence electrons. The number of anilines is 3. The van der Waals surface area contributed by atoms with Crippen LogP contribution < -0.4 is 11.1 Å². The third-order valence-corrected chi connectivity index (χ3v) is 2.97. The van der Waals surface area contributed by atoms with Crippen LogP contribution in [0.5, 0.6) is 0 Å². The first kappa shape index (κ1) is 13.5. The maximum absolute atomic E-state index is 13.7. The standard InChI is InChI=1S/C12H12F2N4S/c1-6-3-8(14)9(4-7(6)13)16-11-5-10(15)17-12(18-11)19-2/h3-5H,1-2H3,(H3,15,16,17,18). The van der Waals surface area contributed by atoms with E-state index in [0.717, 1.165) is 12.1 Å². The number of benzene rings is 1. The van der Waals surface area contributed by atoms with Crippen LogP contribution in [0.4, 0.5) is 26.1 Å². The molecule has 0 spiro atoms. The summed E-state index contributed by atoms with van der Waals surface area (Å²) in [5, 5.41) is 3.15. The molecule has 7 heteroatoms. The van der Waals surface area contributed by atoms with E-state index in [0.29, 0.717) is 11.0 Å². The van der Waals surface area contributed by atoms with Crippen molar-refractivity contribution in [3.8, 4) is 0 Å². The summed E-state index contributed by atoms with van der Waals surface area (Å²) in [6.07, 6.45) is 1.80. The summed E-state index contributed by atoms with van der Waals surface area (Å²) in [5.74, 6) is -0.466. The first-order chi connectivity index (χ1) is 8.99. The topological polar surface area (TPSA) is 63.8 Å². The molecule has 1 heterocycles. The molecular weight excluding hydrogens is 270 g/mol. The number of nitrogens with two attached hydrogens (primary N) is 1. The molecule has 0 amide bonds. The molecule has 0 aliphatic rings. The van der Waals surface area contributed by atoms with Crippen LogP contribution in [0.15, 0.2) is 23.4 Å². The maximum atomic E-state index is 13.7. The highest BCUT2D eigenvalue weighted by molar-refractivity contribution is 7.98. The fourth-order valence-electron chi connectivity index (χ4n) is 1.48. The second kappa shape index (κ2) is 5.40. The SMILES string of the molecule is CSc1nc(N)cc(Nc2cc(F)c(C)cc2F)n1. The molecule has 3 N–H and O–H groups in total. The lowest BCUT2D eigenvalue weighted by molar-refractivity contribution is 0.595. The van der Waals surface area contributed by atoms with E-state index in [4.69, 9.17) is 5.73 Å². The second-order valence-corrected chi connectivity index (χ2v) is 4.64. The quantitative estimate of drug-likeness (QED) is 0.669. The minimum absolute atomic E-state index is 0.00764. The van der Waals surface area contributed by atoms with Gasteiger partial charge >= 0.3 is 0 Å². The number of nitrogens with zero attached hydrogens (tertiary/aromatic N) is 2. The van der Waals surface area contributed by atoms with Crippen molar-refractivity contribution in [1.29, 1.82) is 0 Å². The Kier molecular flexibility index (Phi) is 3.84. The summed E-state index contributed by atoms with van der Waals surface area (Å²) in [7, 11) is 0. The predicted octanol–water partition coefficient (Wildman–Crippen LogP) is 3.11. The molecule has 0 atom stereocenters. The van der Waals surface area contributed by atoms with Gasteiger partial charge in [-0.1, -0.05) is 11.8 Å². The van der Waals surface area contributed by atoms with Crippen molar-refractivity contribution in [3.63, 3.8) is 0 Å². The van der Waals surface area contributed by atoms with E-state index in [2.05, 4.69) is 15.3 Å². The predicted molar refractivity (Wildman–Crippen MR) is 72.6 cm³/mol. The van der Waals surface area contributed by atoms with Crippen LogP contribution in [-0.2, 0) is 0 Å². The number of hydrogen-bond acceptors (Lipinski definition) is 5. The van der Waals surface area contributed by atoms with Gasteiger partial charge in [-0.25, -0.2) is 18.7 Å². The Hall–Kier alpha value is -1.89. The van der Waals surface area contributed by atoms with E-state index >= 15 is 0 Å². The lowest BCUT2D eigenvalue weighted by Gasteiger charge is -2.09. The first-order valence-electron chi connectivity index (χ1n) is 5.41. The van der Waals surface area contributed by atoms with Crippen LogP contribution in [0, 0.1) is 18.6 Å². The van der Waals surface area contributed by atoms with Gasteiger partial charge in [0.15, 0.2) is 5.16 Å². The van der Waals surface area contributed by atoms with Gasteiger partial charge in [0, 0.05) is 12.1 Å². The number of thioether (sulfide) groups is 1. The molecule has 0 aliphatic carbocycles. The number of rotatable bonds is 3. The maximum Gasteiger partial charge on any atom is 0.191 e. The molecule has 2 rings (SSSR count). The van der Waals surface area contributed by atoms with E-state index in [9.17, 15) is 8.78 Å². The molecule has 0 bridgehead atoms. The number of halogens is 2. The molecule has 0 unspecified atom stereocenters. The van der Waals surface area contributed by atoms with E-state index < -0.39 is 11.6 Å². The molecule has 4 nitrogen and oxygen atoms in total. The van der Waals surface area contributed by atoms with Crippen LogP contribution in [0.1, 0.15) is 5.56 Å². The van der Waals surface area contributed by atoms with E-state index in [1.165, 1.54) is 24.8 Å². The lowest BCUT2D eigenvalue weighted by Crippen LogP contribution is -2.02. The average molecular weight is 282 g/mol. The van der Waals surface area contributed by atoms with Crippen molar-refractivity contribution in [2.75, 3.05) is 17.3 Å². The normalized spacial score (nSPS) is 10.5. The zero-order valence-corrected chi connectivity index (χ0v) is 11.2. The summed E-state index contributed by atoms with van der Waals surface area (Å²) < 4.78 is 27.1. The van der Waals surface area contributed by atoms with Gasteiger partial charge in [-0.15, -0.1) is 0 Å². The third kappa shape index (κ3) is 3.11. The molecule has 0 aliphatic heterocycles. The van der Waals surface area contributed by atoms with E-state index in [1.807, 2.05) is 0 Å². The molecule has 1 aromatic carbocycles. The van der Waals surface area contributed by atoms with E-state index in [1.54, 1.807) is 6.26 Å². The highest BCUT2D eigenvalue weighted by atomic mass is 32.2. The first-order valence-corrected chi connectivity index (χ1v) is 6.63. The van der Waals surface area contributed by atoms with Crippen molar-refractivity contribution in [2.24, 2.45) is 0 Å². The fourth-order valence-corrected chi connectivity index (χ4v) is 1.86. The van der Waals surface area contributed by atoms with E-state index in [-0.39, 0.29) is 17.1 Å². The summed E-state index contributed by atoms with van der Waals surface area (Å²) >= 11 is 1.31. The molecule has 0 saturated heterocycles. The van der Waals surface area contributed by atoms with Crippen molar-refractivity contribution < 1.29 is 8.78 Å². The van der Waals surface area contributed by atoms with Crippen LogP contribution in [-0.4, -0.2) is 16.2 Å². The molecule has 1 aromatic heterocycles. The Bertz CT molecular complexity index is 619. The monoisotopic (exact) mass is 282 g/mol. The zero-order chi connectivity index (χ0) is 14.0. The Balaban J connectivity index is 2.36. The number of aryl methyl sites for hydroxylation is 1. The summed E-state index contributed by atoms with van der Waals surface area (Å²) in [6.45, 7) is 1.50. The highest BCUT2D eigenvalue weighted by Gasteiger charge is 2.09. The Morgan fingerprint density at radius 3 is 2.58 bits per heavy atom. The average Bonchev–Trinajstić information content (AvgIpc) is 2.35. The van der Waals surface area contributed by atoms with Gasteiger partial charge in [-0.05, 0) is 24.8 Å². The Morgan fingerprint density at radius 2 is 1.89 bits per heavy atom. The van der Waals surface area contributed by atoms with Gasteiger partial charge < -0.3 is 11.1 Å². The van der Waals surface area contributed by atoms with Gasteiger partial charge in [0.1, 0.15) is 23.3 Å². The third-order valence-electron chi connectivity index (χ3n) is 2.42. The molecule has 0 radical (unpaired) electrons. The summed E-state index contributed by atoms with van der Waals surface area (Å²) in [6, 6.07) is 3.66. The number of aromatic nitrogens is 2. The van der Waals surface area contributed by atoms with Crippen molar-refractivity contribution in [1.82, 2.24) is 9.97 Å². The number of hydrogen-bond donors (Lipinski definition) is 2. The van der Waals surface area contributed by atoms with Gasteiger partial charge in [0.2, 0.25) is 0 Å². The van der Waals surface area contributed by atoms with Crippen LogP contribution >= 0.6 is 11.8 Å².